The summed E-state index contributed by atoms with van der Waals surface area (Å²) in [6.45, 7) is 0. The van der Waals surface area contributed by atoms with Gasteiger partial charge in [0.2, 0.25) is 0 Å². The molecule has 0 unspecified atom stereocenters. The summed E-state index contributed by atoms with van der Waals surface area (Å²) >= 11 is 0. The zero-order chi connectivity index (χ0) is 9.71. The van der Waals surface area contributed by atoms with Crippen LogP contribution in [0, 0.1) is 23.7 Å². The van der Waals surface area contributed by atoms with E-state index in [1.807, 2.05) is 0 Å². The van der Waals surface area contributed by atoms with Crippen molar-refractivity contribution in [2.45, 2.75) is 25.0 Å². The lowest BCUT2D eigenvalue weighted by atomic mass is 9.57. The van der Waals surface area contributed by atoms with Gasteiger partial charge in [0.15, 0.2) is 0 Å². The Balaban J connectivity index is 2.00. The predicted molar refractivity (Wildman–Crippen MR) is 53.5 cm³/mol. The average Bonchev–Trinajstić information content (AvgIpc) is 2.25. The zero-order valence-corrected chi connectivity index (χ0v) is 8.08. The number of aliphatic hydroxyl groups excluding tert-OH is 2. The van der Waals surface area contributed by atoms with Gasteiger partial charge in [-0.25, -0.2) is 0 Å². The smallest absolute Gasteiger partial charge is 0.0759 e. The first-order chi connectivity index (χ1) is 6.77. The largest absolute Gasteiger partial charge is 0.389 e. The summed E-state index contributed by atoms with van der Waals surface area (Å²) in [5.41, 5.74) is 0. The van der Waals surface area contributed by atoms with E-state index >= 15 is 0 Å². The summed E-state index contributed by atoms with van der Waals surface area (Å²) in [7, 11) is 0. The fourth-order valence-corrected chi connectivity index (χ4v) is 3.52. The molecule has 6 atom stereocenters. The maximum atomic E-state index is 9.91. The molecule has 1 fully saturated rings. The van der Waals surface area contributed by atoms with Crippen molar-refractivity contribution in [1.29, 1.82) is 0 Å². The van der Waals surface area contributed by atoms with Crippen molar-refractivity contribution in [3.05, 3.63) is 24.3 Å². The Labute approximate surface area is 83.9 Å². The van der Waals surface area contributed by atoms with Crippen molar-refractivity contribution in [3.8, 4) is 0 Å². The van der Waals surface area contributed by atoms with Crippen molar-refractivity contribution < 1.29 is 10.2 Å². The summed E-state index contributed by atoms with van der Waals surface area (Å²) in [5.74, 6) is 1.50. The number of allylic oxidation sites excluding steroid dienone is 2. The number of fused-ring (bicyclic) bond motifs is 1. The van der Waals surface area contributed by atoms with E-state index in [-0.39, 0.29) is 24.0 Å². The van der Waals surface area contributed by atoms with Crippen LogP contribution in [0.1, 0.15) is 12.8 Å². The van der Waals surface area contributed by atoms with Gasteiger partial charge in [-0.3, -0.25) is 0 Å². The van der Waals surface area contributed by atoms with Gasteiger partial charge in [0.1, 0.15) is 0 Å². The first-order valence-corrected chi connectivity index (χ1v) is 5.50. The number of aliphatic hydroxyl groups is 2. The molecule has 4 aliphatic rings. The first kappa shape index (κ1) is 8.69. The molecule has 14 heavy (non-hydrogen) atoms. The van der Waals surface area contributed by atoms with Gasteiger partial charge in [-0.1, -0.05) is 24.3 Å². The third kappa shape index (κ3) is 1.04. The van der Waals surface area contributed by atoms with Crippen LogP contribution < -0.4 is 0 Å². The number of hydrogen-bond acceptors (Lipinski definition) is 2. The van der Waals surface area contributed by atoms with E-state index in [0.717, 1.165) is 0 Å². The SMILES string of the molecule is O[C@@H]1C=C[C@H](O)[C@@H]2[C@@H]1[C@H]1C=C[C@H]2CC1. The lowest BCUT2D eigenvalue weighted by Gasteiger charge is -2.49. The Hall–Kier alpha value is -0.600. The van der Waals surface area contributed by atoms with Gasteiger partial charge >= 0.3 is 0 Å². The van der Waals surface area contributed by atoms with Crippen LogP contribution in [0.3, 0.4) is 0 Å². The summed E-state index contributed by atoms with van der Waals surface area (Å²) in [4.78, 5) is 0. The van der Waals surface area contributed by atoms with Crippen molar-refractivity contribution >= 4 is 0 Å². The minimum Gasteiger partial charge on any atom is -0.389 e. The number of hydrogen-bond donors (Lipinski definition) is 2. The van der Waals surface area contributed by atoms with Crippen molar-refractivity contribution in [3.63, 3.8) is 0 Å². The van der Waals surface area contributed by atoms with Gasteiger partial charge in [-0.2, -0.15) is 0 Å². The monoisotopic (exact) mass is 192 g/mol. The predicted octanol–water partition coefficient (Wildman–Crippen LogP) is 1.11. The first-order valence-electron chi connectivity index (χ1n) is 5.50. The maximum absolute atomic E-state index is 9.91. The molecule has 0 aromatic heterocycles. The Morgan fingerprint density at radius 1 is 0.714 bits per heavy atom. The second-order valence-electron chi connectivity index (χ2n) is 4.81. The highest BCUT2D eigenvalue weighted by molar-refractivity contribution is 5.19. The summed E-state index contributed by atoms with van der Waals surface area (Å²) in [5, 5.41) is 19.8. The van der Waals surface area contributed by atoms with E-state index in [4.69, 9.17) is 0 Å². The van der Waals surface area contributed by atoms with Crippen molar-refractivity contribution in [1.82, 2.24) is 0 Å². The van der Waals surface area contributed by atoms with Crippen LogP contribution in [-0.2, 0) is 0 Å². The lowest BCUT2D eigenvalue weighted by molar-refractivity contribution is -0.0382. The van der Waals surface area contributed by atoms with Crippen LogP contribution in [0.25, 0.3) is 0 Å². The topological polar surface area (TPSA) is 40.5 Å². The Morgan fingerprint density at radius 2 is 1.14 bits per heavy atom. The molecule has 2 nitrogen and oxygen atoms in total. The highest BCUT2D eigenvalue weighted by Gasteiger charge is 2.47. The molecule has 2 bridgehead atoms. The minimum absolute atomic E-state index is 0.263. The summed E-state index contributed by atoms with van der Waals surface area (Å²) in [6, 6.07) is 0. The molecule has 0 radical (unpaired) electrons. The van der Waals surface area contributed by atoms with Crippen LogP contribution in [0.5, 0.6) is 0 Å². The molecular weight excluding hydrogens is 176 g/mol. The molecule has 0 heterocycles. The standard InChI is InChI=1S/C12H16O2/c13-9-5-6-10(14)12-8-2-1-7(3-4-8)11(9)12/h1-2,5-14H,3-4H2/t7-,8-,9-,10+,11+,12+/m0/s1. The molecule has 2 heteroatoms. The highest BCUT2D eigenvalue weighted by atomic mass is 16.3. The van der Waals surface area contributed by atoms with E-state index in [1.54, 1.807) is 12.2 Å². The van der Waals surface area contributed by atoms with Crippen LogP contribution in [-0.4, -0.2) is 22.4 Å². The molecular formula is C12H16O2. The normalized spacial score (nSPS) is 54.7. The molecule has 0 aromatic rings. The molecule has 4 aliphatic carbocycles. The molecule has 76 valence electrons. The van der Waals surface area contributed by atoms with Gasteiger partial charge in [0, 0.05) is 11.8 Å². The Morgan fingerprint density at radius 3 is 1.50 bits per heavy atom. The van der Waals surface area contributed by atoms with Crippen LogP contribution in [0.15, 0.2) is 24.3 Å². The zero-order valence-electron chi connectivity index (χ0n) is 8.08. The van der Waals surface area contributed by atoms with Crippen LogP contribution in [0.4, 0.5) is 0 Å². The fourth-order valence-electron chi connectivity index (χ4n) is 3.52. The van der Waals surface area contributed by atoms with Gasteiger partial charge in [0.05, 0.1) is 12.2 Å². The van der Waals surface area contributed by atoms with Crippen LogP contribution >= 0.6 is 0 Å². The summed E-state index contributed by atoms with van der Waals surface area (Å²) < 4.78 is 0. The second-order valence-corrected chi connectivity index (χ2v) is 4.81. The van der Waals surface area contributed by atoms with Crippen molar-refractivity contribution in [2.75, 3.05) is 0 Å². The van der Waals surface area contributed by atoms with Crippen LogP contribution in [0.2, 0.25) is 0 Å². The van der Waals surface area contributed by atoms with E-state index in [9.17, 15) is 10.2 Å². The summed E-state index contributed by atoms with van der Waals surface area (Å²) in [6.07, 6.45) is 9.68. The van der Waals surface area contributed by atoms with Gasteiger partial charge in [0.25, 0.3) is 0 Å². The maximum Gasteiger partial charge on any atom is 0.0759 e. The molecule has 4 rings (SSSR count). The highest BCUT2D eigenvalue weighted by Crippen LogP contribution is 2.49. The van der Waals surface area contributed by atoms with E-state index in [2.05, 4.69) is 12.2 Å². The van der Waals surface area contributed by atoms with Gasteiger partial charge in [-0.15, -0.1) is 0 Å². The molecule has 0 aromatic carbocycles. The molecule has 1 saturated carbocycles. The van der Waals surface area contributed by atoms with Crippen molar-refractivity contribution in [2.24, 2.45) is 23.7 Å². The van der Waals surface area contributed by atoms with Gasteiger partial charge < -0.3 is 10.2 Å². The third-order valence-electron chi connectivity index (χ3n) is 4.17. The Bertz CT molecular complexity index is 265. The van der Waals surface area contributed by atoms with E-state index in [0.29, 0.717) is 11.8 Å². The quantitative estimate of drug-likeness (QED) is 0.564. The minimum atomic E-state index is -0.346. The lowest BCUT2D eigenvalue weighted by Crippen LogP contribution is -2.49. The Kier molecular flexibility index (Phi) is 1.83. The molecule has 0 spiro atoms. The molecule has 0 amide bonds. The second kappa shape index (κ2) is 2.94. The molecule has 0 saturated heterocycles. The fraction of sp³-hybridized carbons (Fsp3) is 0.667. The average molecular weight is 192 g/mol. The number of rotatable bonds is 0. The van der Waals surface area contributed by atoms with Gasteiger partial charge in [-0.05, 0) is 24.7 Å². The molecule has 2 N–H and O–H groups in total. The molecule has 0 aliphatic heterocycles. The third-order valence-corrected chi connectivity index (χ3v) is 4.17. The van der Waals surface area contributed by atoms with E-state index in [1.165, 1.54) is 12.8 Å². The van der Waals surface area contributed by atoms with E-state index < -0.39 is 0 Å².